The van der Waals surface area contributed by atoms with Crippen LogP contribution in [0.3, 0.4) is 0 Å². The normalized spacial score (nSPS) is 15.4. The first-order chi connectivity index (χ1) is 12.7. The number of carbonyl (C=O) groups excluding carboxylic acids is 2. The third-order valence-electron chi connectivity index (χ3n) is 4.26. The Hall–Kier alpha value is -2.86. The highest BCUT2D eigenvalue weighted by Gasteiger charge is 2.31. The Labute approximate surface area is 152 Å². The highest BCUT2D eigenvalue weighted by atomic mass is 16.5. The maximum absolute atomic E-state index is 12.2. The van der Waals surface area contributed by atoms with E-state index >= 15 is 0 Å². The van der Waals surface area contributed by atoms with E-state index in [-0.39, 0.29) is 23.0 Å². The van der Waals surface area contributed by atoms with Gasteiger partial charge in [0.2, 0.25) is 5.78 Å². The third-order valence-corrected chi connectivity index (χ3v) is 4.26. The smallest absolute Gasteiger partial charge is 0.255 e. The van der Waals surface area contributed by atoms with Gasteiger partial charge in [-0.05, 0) is 43.7 Å². The van der Waals surface area contributed by atoms with Gasteiger partial charge in [-0.3, -0.25) is 9.59 Å². The summed E-state index contributed by atoms with van der Waals surface area (Å²) in [4.78, 5) is 24.1. The molecule has 2 aromatic carbocycles. The highest BCUT2D eigenvalue weighted by molar-refractivity contribution is 6.04. The zero-order valence-corrected chi connectivity index (χ0v) is 14.4. The number of Topliss-reactive ketones (excluding diaryl/α,β-unsaturated/α-hetero) is 1. The number of rotatable bonds is 8. The van der Waals surface area contributed by atoms with E-state index in [1.54, 1.807) is 30.3 Å². The molecule has 1 atom stereocenters. The van der Waals surface area contributed by atoms with Crippen LogP contribution in [0.15, 0.2) is 48.5 Å². The highest BCUT2D eigenvalue weighted by Crippen LogP contribution is 2.27. The molecule has 0 spiro atoms. The Kier molecular flexibility index (Phi) is 5.86. The van der Waals surface area contributed by atoms with E-state index in [0.717, 1.165) is 19.4 Å². The molecule has 0 aromatic heterocycles. The molecule has 0 aliphatic carbocycles. The maximum Gasteiger partial charge on any atom is 0.255 e. The number of hydrogen-bond donors (Lipinski definition) is 3. The fraction of sp³-hybridized carbons (Fsp3) is 0.300. The van der Waals surface area contributed by atoms with Gasteiger partial charge in [-0.25, -0.2) is 0 Å². The van der Waals surface area contributed by atoms with Crippen LogP contribution in [0, 0.1) is 0 Å². The monoisotopic (exact) mass is 354 g/mol. The number of unbranched alkanes of at least 4 members (excludes halogenated alkanes) is 1. The number of ether oxygens (including phenoxy) is 1. The standard InChI is InChI=1S/C20H22N2O4/c23-16-9-3-1-7-14(16)20(25)22-12-6-5-11-21-13-18-19(24)15-8-2-4-10-17(15)26-18/h1-4,7-10,18,21,23H,5-6,11-13H2,(H,22,25). The van der Waals surface area contributed by atoms with Crippen LogP contribution in [0.5, 0.6) is 11.5 Å². The average molecular weight is 354 g/mol. The van der Waals surface area contributed by atoms with Crippen LogP contribution in [0.4, 0.5) is 0 Å². The molecule has 1 amide bonds. The van der Waals surface area contributed by atoms with Crippen molar-refractivity contribution >= 4 is 11.7 Å². The fourth-order valence-electron chi connectivity index (χ4n) is 2.86. The van der Waals surface area contributed by atoms with E-state index in [0.29, 0.717) is 24.4 Å². The molecule has 0 saturated carbocycles. The van der Waals surface area contributed by atoms with Gasteiger partial charge in [0.1, 0.15) is 11.5 Å². The maximum atomic E-state index is 12.2. The van der Waals surface area contributed by atoms with Gasteiger partial charge < -0.3 is 20.5 Å². The van der Waals surface area contributed by atoms with E-state index in [1.807, 2.05) is 12.1 Å². The lowest BCUT2D eigenvalue weighted by atomic mass is 10.1. The van der Waals surface area contributed by atoms with Gasteiger partial charge in [0.25, 0.3) is 5.91 Å². The van der Waals surface area contributed by atoms with Gasteiger partial charge in [-0.1, -0.05) is 24.3 Å². The van der Waals surface area contributed by atoms with Crippen LogP contribution in [0.2, 0.25) is 0 Å². The number of hydrogen-bond acceptors (Lipinski definition) is 5. The summed E-state index contributed by atoms with van der Waals surface area (Å²) in [7, 11) is 0. The van der Waals surface area contributed by atoms with Crippen LogP contribution in [0.25, 0.3) is 0 Å². The van der Waals surface area contributed by atoms with Crippen LogP contribution < -0.4 is 15.4 Å². The number of aromatic hydroxyl groups is 1. The minimum Gasteiger partial charge on any atom is -0.507 e. The molecule has 0 fully saturated rings. The Balaban J connectivity index is 1.29. The minimum atomic E-state index is -0.465. The molecule has 6 heteroatoms. The van der Waals surface area contributed by atoms with Crippen molar-refractivity contribution in [1.29, 1.82) is 0 Å². The number of nitrogens with one attached hydrogen (secondary N) is 2. The lowest BCUT2D eigenvalue weighted by molar-refractivity contribution is 0.0856. The first kappa shape index (κ1) is 17.9. The molecule has 0 radical (unpaired) electrons. The summed E-state index contributed by atoms with van der Waals surface area (Å²) >= 11 is 0. The number of amides is 1. The zero-order valence-electron chi connectivity index (χ0n) is 14.4. The minimum absolute atomic E-state index is 0.0167. The molecule has 0 saturated heterocycles. The van der Waals surface area contributed by atoms with Crippen molar-refractivity contribution in [3.63, 3.8) is 0 Å². The van der Waals surface area contributed by atoms with Crippen molar-refractivity contribution in [2.24, 2.45) is 0 Å². The topological polar surface area (TPSA) is 87.7 Å². The molecule has 26 heavy (non-hydrogen) atoms. The van der Waals surface area contributed by atoms with Gasteiger partial charge in [0.15, 0.2) is 6.10 Å². The molecule has 1 unspecified atom stereocenters. The molecule has 1 aliphatic heterocycles. The molecule has 1 aliphatic rings. The molecule has 3 N–H and O–H groups in total. The van der Waals surface area contributed by atoms with Gasteiger partial charge in [-0.15, -0.1) is 0 Å². The Morgan fingerprint density at radius 1 is 1.04 bits per heavy atom. The SMILES string of the molecule is O=C(NCCCCNCC1Oc2ccccc2C1=O)c1ccccc1O. The van der Waals surface area contributed by atoms with Crippen molar-refractivity contribution in [2.45, 2.75) is 18.9 Å². The summed E-state index contributed by atoms with van der Waals surface area (Å²) < 4.78 is 5.65. The average Bonchev–Trinajstić information content (AvgIpc) is 2.97. The molecule has 3 rings (SSSR count). The lowest BCUT2D eigenvalue weighted by Crippen LogP contribution is -2.34. The quantitative estimate of drug-likeness (QED) is 0.632. The van der Waals surface area contributed by atoms with Crippen molar-refractivity contribution in [1.82, 2.24) is 10.6 Å². The molecule has 6 nitrogen and oxygen atoms in total. The number of phenols is 1. The number of benzene rings is 2. The number of phenolic OH excluding ortho intramolecular Hbond substituents is 1. The predicted molar refractivity (Wildman–Crippen MR) is 97.7 cm³/mol. The number of fused-ring (bicyclic) bond motifs is 1. The number of para-hydroxylation sites is 2. The van der Waals surface area contributed by atoms with Crippen LogP contribution in [0.1, 0.15) is 33.6 Å². The summed E-state index contributed by atoms with van der Waals surface area (Å²) in [5.74, 6) is 0.367. The predicted octanol–water partition coefficient (Wildman–Crippen LogP) is 2.14. The summed E-state index contributed by atoms with van der Waals surface area (Å²) in [5.41, 5.74) is 0.924. The summed E-state index contributed by atoms with van der Waals surface area (Å²) in [6, 6.07) is 13.7. The number of carbonyl (C=O) groups is 2. The Morgan fingerprint density at radius 2 is 1.77 bits per heavy atom. The van der Waals surface area contributed by atoms with Gasteiger partial charge >= 0.3 is 0 Å². The van der Waals surface area contributed by atoms with Crippen molar-refractivity contribution in [2.75, 3.05) is 19.6 Å². The second-order valence-corrected chi connectivity index (χ2v) is 6.15. The van der Waals surface area contributed by atoms with E-state index in [9.17, 15) is 14.7 Å². The van der Waals surface area contributed by atoms with Gasteiger partial charge in [0.05, 0.1) is 11.1 Å². The van der Waals surface area contributed by atoms with E-state index < -0.39 is 6.10 Å². The fourth-order valence-corrected chi connectivity index (χ4v) is 2.86. The molecule has 136 valence electrons. The molecule has 2 aromatic rings. The van der Waals surface area contributed by atoms with Gasteiger partial charge in [-0.2, -0.15) is 0 Å². The van der Waals surface area contributed by atoms with Crippen LogP contribution in [-0.4, -0.2) is 42.5 Å². The first-order valence-electron chi connectivity index (χ1n) is 8.73. The molecule has 0 bridgehead atoms. The van der Waals surface area contributed by atoms with E-state index in [1.165, 1.54) is 6.07 Å². The number of ketones is 1. The lowest BCUT2D eigenvalue weighted by Gasteiger charge is -2.11. The Morgan fingerprint density at radius 3 is 2.58 bits per heavy atom. The van der Waals surface area contributed by atoms with Crippen molar-refractivity contribution < 1.29 is 19.4 Å². The second-order valence-electron chi connectivity index (χ2n) is 6.15. The summed E-state index contributed by atoms with van der Waals surface area (Å²) in [5, 5.41) is 15.6. The largest absolute Gasteiger partial charge is 0.507 e. The van der Waals surface area contributed by atoms with Crippen molar-refractivity contribution in [3.8, 4) is 11.5 Å². The molecular weight excluding hydrogens is 332 g/mol. The second kappa shape index (κ2) is 8.49. The first-order valence-corrected chi connectivity index (χ1v) is 8.73. The molecule has 1 heterocycles. The van der Waals surface area contributed by atoms with Crippen LogP contribution in [-0.2, 0) is 0 Å². The summed E-state index contributed by atoms with van der Waals surface area (Å²) in [6.07, 6.45) is 1.19. The van der Waals surface area contributed by atoms with Gasteiger partial charge in [0, 0.05) is 13.1 Å². The molecular formula is C20H22N2O4. The van der Waals surface area contributed by atoms with Crippen LogP contribution >= 0.6 is 0 Å². The Bertz CT molecular complexity index is 791. The van der Waals surface area contributed by atoms with E-state index in [2.05, 4.69) is 10.6 Å². The summed E-state index contributed by atoms with van der Waals surface area (Å²) in [6.45, 7) is 1.73. The third kappa shape index (κ3) is 4.21. The van der Waals surface area contributed by atoms with Crippen molar-refractivity contribution in [3.05, 3.63) is 59.7 Å². The zero-order chi connectivity index (χ0) is 18.4. The van der Waals surface area contributed by atoms with E-state index in [4.69, 9.17) is 4.74 Å².